The molecule has 0 aliphatic carbocycles. The number of rotatable bonds is 3. The van der Waals surface area contributed by atoms with Gasteiger partial charge in [0.2, 0.25) is 0 Å². The quantitative estimate of drug-likeness (QED) is 0.504. The molecule has 0 amide bonds. The van der Waals surface area contributed by atoms with Crippen molar-refractivity contribution in [3.63, 3.8) is 0 Å². The van der Waals surface area contributed by atoms with Crippen LogP contribution in [0.5, 0.6) is 0 Å². The highest BCUT2D eigenvalue weighted by Gasteiger charge is 2.10. The van der Waals surface area contributed by atoms with Gasteiger partial charge in [-0.15, -0.1) is 0 Å². The molecule has 0 fully saturated rings. The normalized spacial score (nSPS) is 11.3. The van der Waals surface area contributed by atoms with Crippen molar-refractivity contribution < 1.29 is 0 Å². The third-order valence-electron chi connectivity index (χ3n) is 4.09. The molecule has 0 saturated carbocycles. The van der Waals surface area contributed by atoms with E-state index >= 15 is 0 Å². The van der Waals surface area contributed by atoms with Gasteiger partial charge in [-0.05, 0) is 48.0 Å². The molecule has 0 radical (unpaired) electrons. The summed E-state index contributed by atoms with van der Waals surface area (Å²) in [6, 6.07) is 24.4. The minimum Gasteiger partial charge on any atom is -0.268 e. The monoisotopic (exact) mass is 358 g/mol. The van der Waals surface area contributed by atoms with Crippen LogP contribution in [0.3, 0.4) is 0 Å². The van der Waals surface area contributed by atoms with E-state index in [4.69, 9.17) is 16.6 Å². The average Bonchev–Trinajstić information content (AvgIpc) is 2.67. The molecule has 0 saturated heterocycles. The Labute approximate surface area is 155 Å². The number of para-hydroxylation sites is 2. The molecule has 1 heterocycles. The van der Waals surface area contributed by atoms with E-state index in [0.29, 0.717) is 21.7 Å². The van der Waals surface area contributed by atoms with Gasteiger partial charge in [0, 0.05) is 5.02 Å². The van der Waals surface area contributed by atoms with Crippen LogP contribution in [0.15, 0.2) is 83.7 Å². The number of nitrogens with zero attached hydrogens (tertiary/aromatic N) is 2. The summed E-state index contributed by atoms with van der Waals surface area (Å²) < 4.78 is 1.63. The van der Waals surface area contributed by atoms with Crippen LogP contribution in [0.1, 0.15) is 11.4 Å². The average molecular weight is 359 g/mol. The predicted octanol–water partition coefficient (Wildman–Crippen LogP) is 5.21. The fourth-order valence-corrected chi connectivity index (χ4v) is 3.07. The Bertz CT molecular complexity index is 1160. The van der Waals surface area contributed by atoms with Gasteiger partial charge in [-0.1, -0.05) is 60.1 Å². The van der Waals surface area contributed by atoms with E-state index in [1.807, 2.05) is 84.9 Å². The molecule has 0 N–H and O–H groups in total. The highest BCUT2D eigenvalue weighted by molar-refractivity contribution is 6.30. The Morgan fingerprint density at radius 2 is 1.62 bits per heavy atom. The Kier molecular flexibility index (Phi) is 4.38. The van der Waals surface area contributed by atoms with Crippen LogP contribution in [0.25, 0.3) is 28.7 Å². The first-order chi connectivity index (χ1) is 12.7. The van der Waals surface area contributed by atoms with Crippen LogP contribution >= 0.6 is 11.6 Å². The van der Waals surface area contributed by atoms with Gasteiger partial charge in [0.05, 0.1) is 16.6 Å². The third-order valence-corrected chi connectivity index (χ3v) is 4.32. The van der Waals surface area contributed by atoms with Crippen LogP contribution in [0, 0.1) is 0 Å². The minimum atomic E-state index is -0.0902. The number of hydrogen-bond acceptors (Lipinski definition) is 2. The van der Waals surface area contributed by atoms with E-state index in [1.165, 1.54) is 0 Å². The molecule has 0 atom stereocenters. The molecule has 0 unspecified atom stereocenters. The second kappa shape index (κ2) is 6.98. The fraction of sp³-hybridized carbons (Fsp3) is 0. The van der Waals surface area contributed by atoms with E-state index in [-0.39, 0.29) is 5.56 Å². The molecule has 26 heavy (non-hydrogen) atoms. The molecular formula is C22H15ClN2O. The van der Waals surface area contributed by atoms with Crippen LogP contribution in [0.4, 0.5) is 0 Å². The van der Waals surface area contributed by atoms with E-state index in [0.717, 1.165) is 11.3 Å². The lowest BCUT2D eigenvalue weighted by Crippen LogP contribution is -2.22. The summed E-state index contributed by atoms with van der Waals surface area (Å²) in [5.41, 5.74) is 2.31. The summed E-state index contributed by atoms with van der Waals surface area (Å²) in [4.78, 5) is 17.8. The molecule has 4 heteroatoms. The largest absolute Gasteiger partial charge is 0.268 e. The molecular weight excluding hydrogens is 344 g/mol. The summed E-state index contributed by atoms with van der Waals surface area (Å²) >= 11 is 6.05. The summed E-state index contributed by atoms with van der Waals surface area (Å²) in [5, 5.41) is 1.26. The predicted molar refractivity (Wildman–Crippen MR) is 108 cm³/mol. The zero-order valence-electron chi connectivity index (χ0n) is 13.8. The highest BCUT2D eigenvalue weighted by Crippen LogP contribution is 2.16. The highest BCUT2D eigenvalue weighted by atomic mass is 35.5. The van der Waals surface area contributed by atoms with Crippen LogP contribution in [-0.4, -0.2) is 9.55 Å². The summed E-state index contributed by atoms with van der Waals surface area (Å²) in [7, 11) is 0. The topological polar surface area (TPSA) is 34.9 Å². The molecule has 1 aromatic heterocycles. The van der Waals surface area contributed by atoms with Gasteiger partial charge in [-0.2, -0.15) is 0 Å². The molecule has 4 rings (SSSR count). The fourth-order valence-electron chi connectivity index (χ4n) is 2.87. The number of fused-ring (bicyclic) bond motifs is 1. The Hall–Kier alpha value is -3.17. The maximum absolute atomic E-state index is 13.1. The van der Waals surface area contributed by atoms with Crippen molar-refractivity contribution in [3.05, 3.63) is 106 Å². The van der Waals surface area contributed by atoms with Crippen molar-refractivity contribution in [2.75, 3.05) is 0 Å². The van der Waals surface area contributed by atoms with Crippen molar-refractivity contribution in [3.8, 4) is 5.69 Å². The SMILES string of the molecule is O=c1c2ccccc2nc(/C=C\c2cccc(Cl)c2)n1-c1ccccc1. The first-order valence-corrected chi connectivity index (χ1v) is 8.61. The van der Waals surface area contributed by atoms with Crippen LogP contribution in [-0.2, 0) is 0 Å². The summed E-state index contributed by atoms with van der Waals surface area (Å²) in [5.74, 6) is 0.569. The van der Waals surface area contributed by atoms with E-state index in [1.54, 1.807) is 10.6 Å². The molecule has 3 aromatic carbocycles. The van der Waals surface area contributed by atoms with Crippen molar-refractivity contribution in [1.29, 1.82) is 0 Å². The van der Waals surface area contributed by atoms with E-state index in [9.17, 15) is 4.79 Å². The number of benzene rings is 3. The van der Waals surface area contributed by atoms with Crippen molar-refractivity contribution in [1.82, 2.24) is 9.55 Å². The molecule has 0 aliphatic heterocycles. The number of hydrogen-bond donors (Lipinski definition) is 0. The van der Waals surface area contributed by atoms with Crippen LogP contribution < -0.4 is 5.56 Å². The van der Waals surface area contributed by atoms with Gasteiger partial charge in [0.1, 0.15) is 5.82 Å². The Balaban J connectivity index is 1.94. The molecule has 126 valence electrons. The van der Waals surface area contributed by atoms with Gasteiger partial charge in [-0.3, -0.25) is 9.36 Å². The standard InChI is InChI=1S/C22H15ClN2O/c23-17-8-6-7-16(15-17)13-14-21-24-20-12-5-4-11-19(20)22(26)25(21)18-9-2-1-3-10-18/h1-15H/b14-13-. The van der Waals surface area contributed by atoms with Crippen molar-refractivity contribution in [2.24, 2.45) is 0 Å². The number of halogens is 1. The summed E-state index contributed by atoms with van der Waals surface area (Å²) in [6.45, 7) is 0. The zero-order valence-corrected chi connectivity index (χ0v) is 14.6. The lowest BCUT2D eigenvalue weighted by Gasteiger charge is -2.11. The molecule has 3 nitrogen and oxygen atoms in total. The van der Waals surface area contributed by atoms with E-state index < -0.39 is 0 Å². The van der Waals surface area contributed by atoms with Gasteiger partial charge < -0.3 is 0 Å². The molecule has 4 aromatic rings. The molecule has 0 aliphatic rings. The molecule has 0 bridgehead atoms. The molecule has 0 spiro atoms. The first kappa shape index (κ1) is 16.3. The van der Waals surface area contributed by atoms with Gasteiger partial charge >= 0.3 is 0 Å². The lowest BCUT2D eigenvalue weighted by atomic mass is 10.2. The Morgan fingerprint density at radius 3 is 2.42 bits per heavy atom. The third kappa shape index (κ3) is 3.17. The second-order valence-corrected chi connectivity index (χ2v) is 6.29. The van der Waals surface area contributed by atoms with Gasteiger partial charge in [-0.25, -0.2) is 4.98 Å². The summed E-state index contributed by atoms with van der Waals surface area (Å²) in [6.07, 6.45) is 3.74. The van der Waals surface area contributed by atoms with Gasteiger partial charge in [0.15, 0.2) is 0 Å². The number of aromatic nitrogens is 2. The minimum absolute atomic E-state index is 0.0902. The smallest absolute Gasteiger partial charge is 0.266 e. The van der Waals surface area contributed by atoms with Crippen LogP contribution in [0.2, 0.25) is 5.02 Å². The van der Waals surface area contributed by atoms with Crippen molar-refractivity contribution in [2.45, 2.75) is 0 Å². The first-order valence-electron chi connectivity index (χ1n) is 8.23. The maximum atomic E-state index is 13.1. The van der Waals surface area contributed by atoms with Crippen molar-refractivity contribution >= 4 is 34.7 Å². The maximum Gasteiger partial charge on any atom is 0.266 e. The second-order valence-electron chi connectivity index (χ2n) is 5.85. The lowest BCUT2D eigenvalue weighted by molar-refractivity contribution is 0.944. The zero-order chi connectivity index (χ0) is 17.9. The van der Waals surface area contributed by atoms with Gasteiger partial charge in [0.25, 0.3) is 5.56 Å². The Morgan fingerprint density at radius 1 is 0.846 bits per heavy atom. The van der Waals surface area contributed by atoms with E-state index in [2.05, 4.69) is 0 Å².